The summed E-state index contributed by atoms with van der Waals surface area (Å²) in [5, 5.41) is 3.44. The first-order chi connectivity index (χ1) is 9.38. The zero-order valence-corrected chi connectivity index (χ0v) is 12.5. The van der Waals surface area contributed by atoms with Gasteiger partial charge in [-0.1, -0.05) is 6.92 Å². The third kappa shape index (κ3) is 7.84. The molecule has 1 unspecified atom stereocenters. The smallest absolute Gasteiger partial charge is 0.0701 e. The van der Waals surface area contributed by atoms with Crippen molar-refractivity contribution in [2.75, 3.05) is 66.3 Å². The van der Waals surface area contributed by atoms with Crippen molar-refractivity contribution in [3.63, 3.8) is 0 Å². The molecule has 0 aromatic heterocycles. The lowest BCUT2D eigenvalue weighted by Crippen LogP contribution is -2.39. The summed E-state index contributed by atoms with van der Waals surface area (Å²) >= 11 is 0. The van der Waals surface area contributed by atoms with E-state index in [1.807, 2.05) is 0 Å². The summed E-state index contributed by atoms with van der Waals surface area (Å²) in [6.45, 7) is 10.0. The van der Waals surface area contributed by atoms with Crippen molar-refractivity contribution >= 4 is 0 Å². The lowest BCUT2D eigenvalue weighted by molar-refractivity contribution is 0.0187. The van der Waals surface area contributed by atoms with Crippen LogP contribution >= 0.6 is 0 Å². The second kappa shape index (κ2) is 11.6. The molecule has 19 heavy (non-hydrogen) atoms. The van der Waals surface area contributed by atoms with Gasteiger partial charge in [-0.25, -0.2) is 0 Å². The van der Waals surface area contributed by atoms with E-state index in [9.17, 15) is 0 Å². The molecule has 5 nitrogen and oxygen atoms in total. The molecule has 0 radical (unpaired) electrons. The van der Waals surface area contributed by atoms with Crippen molar-refractivity contribution in [3.8, 4) is 0 Å². The van der Waals surface area contributed by atoms with E-state index >= 15 is 0 Å². The van der Waals surface area contributed by atoms with Gasteiger partial charge in [0, 0.05) is 26.2 Å². The number of methoxy groups -OCH3 is 1. The Labute approximate surface area is 117 Å². The Morgan fingerprint density at radius 3 is 2.58 bits per heavy atom. The Morgan fingerprint density at radius 2 is 1.84 bits per heavy atom. The van der Waals surface area contributed by atoms with Crippen LogP contribution in [0.4, 0.5) is 0 Å². The number of rotatable bonds is 12. The van der Waals surface area contributed by atoms with Gasteiger partial charge in [-0.3, -0.25) is 4.90 Å². The largest absolute Gasteiger partial charge is 0.382 e. The molecule has 1 fully saturated rings. The molecule has 114 valence electrons. The summed E-state index contributed by atoms with van der Waals surface area (Å²) in [6, 6.07) is 0.696. The summed E-state index contributed by atoms with van der Waals surface area (Å²) < 4.78 is 15.9. The molecule has 1 rings (SSSR count). The van der Waals surface area contributed by atoms with Gasteiger partial charge in [0.25, 0.3) is 0 Å². The maximum Gasteiger partial charge on any atom is 0.0701 e. The van der Waals surface area contributed by atoms with E-state index in [2.05, 4.69) is 17.1 Å². The molecule has 5 heteroatoms. The Kier molecular flexibility index (Phi) is 10.3. The SMILES string of the molecule is CCNCC1CCCN1CCOCCOCCOC. The number of nitrogens with zero attached hydrogens (tertiary/aromatic N) is 1. The van der Waals surface area contributed by atoms with Crippen LogP contribution in [-0.4, -0.2) is 77.3 Å². The average Bonchev–Trinajstić information content (AvgIpc) is 2.87. The molecular weight excluding hydrogens is 244 g/mol. The second-order valence-corrected chi connectivity index (χ2v) is 4.86. The Hall–Kier alpha value is -0.200. The van der Waals surface area contributed by atoms with E-state index in [0.29, 0.717) is 32.5 Å². The summed E-state index contributed by atoms with van der Waals surface area (Å²) in [4.78, 5) is 2.54. The van der Waals surface area contributed by atoms with Crippen LogP contribution in [0.25, 0.3) is 0 Å². The van der Waals surface area contributed by atoms with Gasteiger partial charge in [-0.15, -0.1) is 0 Å². The number of ether oxygens (including phenoxy) is 3. The minimum atomic E-state index is 0.650. The number of hydrogen-bond acceptors (Lipinski definition) is 5. The molecule has 0 amide bonds. The zero-order chi connectivity index (χ0) is 13.8. The number of hydrogen-bond donors (Lipinski definition) is 1. The highest BCUT2D eigenvalue weighted by Crippen LogP contribution is 2.15. The van der Waals surface area contributed by atoms with E-state index in [1.165, 1.54) is 19.4 Å². The minimum absolute atomic E-state index is 0.650. The van der Waals surface area contributed by atoms with Crippen LogP contribution in [-0.2, 0) is 14.2 Å². The summed E-state index contributed by atoms with van der Waals surface area (Å²) in [5.41, 5.74) is 0. The highest BCUT2D eigenvalue weighted by molar-refractivity contribution is 4.80. The molecule has 0 aliphatic carbocycles. The normalized spacial score (nSPS) is 20.2. The molecule has 1 heterocycles. The molecule has 1 saturated heterocycles. The van der Waals surface area contributed by atoms with E-state index in [-0.39, 0.29) is 0 Å². The molecule has 0 bridgehead atoms. The van der Waals surface area contributed by atoms with E-state index in [4.69, 9.17) is 14.2 Å². The predicted octanol–water partition coefficient (Wildman–Crippen LogP) is 0.740. The predicted molar refractivity (Wildman–Crippen MR) is 76.7 cm³/mol. The van der Waals surface area contributed by atoms with Gasteiger partial charge >= 0.3 is 0 Å². The highest BCUT2D eigenvalue weighted by atomic mass is 16.5. The van der Waals surface area contributed by atoms with Gasteiger partial charge in [0.15, 0.2) is 0 Å². The second-order valence-electron chi connectivity index (χ2n) is 4.86. The maximum absolute atomic E-state index is 5.60. The topological polar surface area (TPSA) is 43.0 Å². The summed E-state index contributed by atoms with van der Waals surface area (Å²) in [6.07, 6.45) is 2.63. The third-order valence-corrected chi connectivity index (χ3v) is 3.46. The van der Waals surface area contributed by atoms with Crippen molar-refractivity contribution in [1.29, 1.82) is 0 Å². The average molecular weight is 274 g/mol. The van der Waals surface area contributed by atoms with Crippen molar-refractivity contribution < 1.29 is 14.2 Å². The fourth-order valence-electron chi connectivity index (χ4n) is 2.38. The molecule has 1 aliphatic rings. The quantitative estimate of drug-likeness (QED) is 0.532. The Morgan fingerprint density at radius 1 is 1.11 bits per heavy atom. The van der Waals surface area contributed by atoms with Crippen LogP contribution < -0.4 is 5.32 Å². The van der Waals surface area contributed by atoms with Crippen LogP contribution in [0.15, 0.2) is 0 Å². The van der Waals surface area contributed by atoms with Crippen LogP contribution in [0, 0.1) is 0 Å². The fourth-order valence-corrected chi connectivity index (χ4v) is 2.38. The zero-order valence-electron chi connectivity index (χ0n) is 12.5. The molecular formula is C14H30N2O3. The van der Waals surface area contributed by atoms with Gasteiger partial charge in [-0.2, -0.15) is 0 Å². The molecule has 0 spiro atoms. The standard InChI is InChI=1S/C14H30N2O3/c1-3-15-13-14-5-4-6-16(14)7-8-18-11-12-19-10-9-17-2/h14-15H,3-13H2,1-2H3. The van der Waals surface area contributed by atoms with Crippen LogP contribution in [0.1, 0.15) is 19.8 Å². The van der Waals surface area contributed by atoms with Crippen LogP contribution in [0.5, 0.6) is 0 Å². The molecule has 0 aromatic carbocycles. The molecule has 1 atom stereocenters. The van der Waals surface area contributed by atoms with Gasteiger partial charge in [0.2, 0.25) is 0 Å². The van der Waals surface area contributed by atoms with Crippen LogP contribution in [0.3, 0.4) is 0 Å². The lowest BCUT2D eigenvalue weighted by Gasteiger charge is -2.24. The maximum atomic E-state index is 5.60. The van der Waals surface area contributed by atoms with Crippen molar-refractivity contribution in [2.45, 2.75) is 25.8 Å². The first-order valence-electron chi connectivity index (χ1n) is 7.47. The third-order valence-electron chi connectivity index (χ3n) is 3.46. The summed E-state index contributed by atoms with van der Waals surface area (Å²) in [7, 11) is 1.68. The molecule has 0 saturated carbocycles. The monoisotopic (exact) mass is 274 g/mol. The molecule has 1 aliphatic heterocycles. The van der Waals surface area contributed by atoms with Gasteiger partial charge in [0.05, 0.1) is 33.0 Å². The molecule has 1 N–H and O–H groups in total. The van der Waals surface area contributed by atoms with E-state index in [0.717, 1.165) is 26.2 Å². The minimum Gasteiger partial charge on any atom is -0.382 e. The first-order valence-corrected chi connectivity index (χ1v) is 7.47. The van der Waals surface area contributed by atoms with E-state index < -0.39 is 0 Å². The fraction of sp³-hybridized carbons (Fsp3) is 1.00. The number of likely N-dealkylation sites (tertiary alicyclic amines) is 1. The van der Waals surface area contributed by atoms with Crippen molar-refractivity contribution in [3.05, 3.63) is 0 Å². The van der Waals surface area contributed by atoms with Gasteiger partial charge in [0.1, 0.15) is 0 Å². The van der Waals surface area contributed by atoms with E-state index in [1.54, 1.807) is 7.11 Å². The number of likely N-dealkylation sites (N-methyl/N-ethyl adjacent to an activating group) is 1. The lowest BCUT2D eigenvalue weighted by atomic mass is 10.2. The molecule has 0 aromatic rings. The van der Waals surface area contributed by atoms with Crippen molar-refractivity contribution in [1.82, 2.24) is 10.2 Å². The Bertz CT molecular complexity index is 205. The van der Waals surface area contributed by atoms with Crippen LogP contribution in [0.2, 0.25) is 0 Å². The summed E-state index contributed by atoms with van der Waals surface area (Å²) in [5.74, 6) is 0. The van der Waals surface area contributed by atoms with Gasteiger partial charge in [-0.05, 0) is 25.9 Å². The number of nitrogens with one attached hydrogen (secondary N) is 1. The first kappa shape index (κ1) is 16.9. The van der Waals surface area contributed by atoms with Crippen molar-refractivity contribution in [2.24, 2.45) is 0 Å². The highest BCUT2D eigenvalue weighted by Gasteiger charge is 2.23. The Balaban J connectivity index is 1.93. The van der Waals surface area contributed by atoms with Gasteiger partial charge < -0.3 is 19.5 Å².